The second-order valence-electron chi connectivity index (χ2n) is 6.53. The van der Waals surface area contributed by atoms with Gasteiger partial charge in [0, 0.05) is 26.7 Å². The van der Waals surface area contributed by atoms with Gasteiger partial charge < -0.3 is 5.32 Å². The summed E-state index contributed by atoms with van der Waals surface area (Å²) in [5, 5.41) is 3.43. The molecule has 5 heteroatoms. The molecule has 112 valence electrons. The van der Waals surface area contributed by atoms with Crippen LogP contribution in [-0.2, 0) is 10.0 Å². The second kappa shape index (κ2) is 6.10. The third-order valence-corrected chi connectivity index (χ3v) is 6.89. The van der Waals surface area contributed by atoms with Crippen molar-refractivity contribution in [2.75, 3.05) is 26.4 Å². The summed E-state index contributed by atoms with van der Waals surface area (Å²) in [5.41, 5.74) is 0.661. The molecule has 2 saturated carbocycles. The Morgan fingerprint density at radius 1 is 1.11 bits per heavy atom. The predicted molar refractivity (Wildman–Crippen MR) is 78.6 cm³/mol. The summed E-state index contributed by atoms with van der Waals surface area (Å²) in [7, 11) is 0.144. The molecule has 19 heavy (non-hydrogen) atoms. The Bertz CT molecular complexity index is 376. The topological polar surface area (TPSA) is 49.4 Å². The van der Waals surface area contributed by atoms with E-state index < -0.39 is 10.0 Å². The van der Waals surface area contributed by atoms with Crippen molar-refractivity contribution in [2.24, 2.45) is 5.41 Å². The number of hydrogen-bond acceptors (Lipinski definition) is 3. The maximum absolute atomic E-state index is 11.7. The molecule has 0 amide bonds. The molecule has 0 aromatic carbocycles. The van der Waals surface area contributed by atoms with Gasteiger partial charge in [0.25, 0.3) is 0 Å². The van der Waals surface area contributed by atoms with E-state index >= 15 is 0 Å². The summed E-state index contributed by atoms with van der Waals surface area (Å²) in [4.78, 5) is 0. The molecular formula is C14H28N2O2S. The van der Waals surface area contributed by atoms with E-state index in [1.807, 2.05) is 0 Å². The quantitative estimate of drug-likeness (QED) is 0.841. The molecule has 0 saturated heterocycles. The minimum absolute atomic E-state index is 0.210. The Hall–Kier alpha value is -0.130. The highest BCUT2D eigenvalue weighted by atomic mass is 32.2. The van der Waals surface area contributed by atoms with Gasteiger partial charge in [-0.05, 0) is 43.9 Å². The van der Waals surface area contributed by atoms with Crippen molar-refractivity contribution in [2.45, 2.75) is 57.4 Å². The molecule has 0 aromatic heterocycles. The fourth-order valence-corrected chi connectivity index (χ4v) is 4.37. The maximum atomic E-state index is 11.7. The molecule has 0 unspecified atom stereocenters. The van der Waals surface area contributed by atoms with Crippen LogP contribution in [0.15, 0.2) is 0 Å². The van der Waals surface area contributed by atoms with Crippen LogP contribution in [-0.4, -0.2) is 45.2 Å². The first-order valence-electron chi connectivity index (χ1n) is 7.57. The molecule has 0 atom stereocenters. The van der Waals surface area contributed by atoms with Crippen LogP contribution >= 0.6 is 0 Å². The van der Waals surface area contributed by atoms with Crippen LogP contribution in [0.3, 0.4) is 0 Å². The van der Waals surface area contributed by atoms with Gasteiger partial charge >= 0.3 is 0 Å². The zero-order valence-electron chi connectivity index (χ0n) is 12.3. The fraction of sp³-hybridized carbons (Fsp3) is 1.00. The van der Waals surface area contributed by atoms with E-state index in [4.69, 9.17) is 0 Å². The summed E-state index contributed by atoms with van der Waals surface area (Å²) in [6.07, 6.45) is 10.8. The van der Waals surface area contributed by atoms with Crippen LogP contribution in [0.2, 0.25) is 0 Å². The molecule has 2 rings (SSSR count). The summed E-state index contributed by atoms with van der Waals surface area (Å²) in [5.74, 6) is 0.210. The molecular weight excluding hydrogens is 260 g/mol. The molecule has 2 aliphatic rings. The van der Waals surface area contributed by atoms with Gasteiger partial charge in [-0.1, -0.05) is 12.8 Å². The Kier molecular flexibility index (Phi) is 4.90. The van der Waals surface area contributed by atoms with E-state index in [0.717, 1.165) is 0 Å². The average molecular weight is 288 g/mol. The normalized spacial score (nSPS) is 24.4. The Morgan fingerprint density at radius 2 is 1.68 bits per heavy atom. The van der Waals surface area contributed by atoms with Crippen LogP contribution in [0.25, 0.3) is 0 Å². The van der Waals surface area contributed by atoms with Crippen molar-refractivity contribution >= 4 is 10.0 Å². The lowest BCUT2D eigenvalue weighted by Gasteiger charge is -2.37. The molecule has 0 radical (unpaired) electrons. The lowest BCUT2D eigenvalue weighted by Crippen LogP contribution is -2.40. The van der Waals surface area contributed by atoms with Gasteiger partial charge in [0.2, 0.25) is 10.0 Å². The zero-order valence-corrected chi connectivity index (χ0v) is 13.1. The molecule has 1 N–H and O–H groups in total. The van der Waals surface area contributed by atoms with Crippen LogP contribution in [0.1, 0.15) is 51.4 Å². The van der Waals surface area contributed by atoms with Crippen LogP contribution in [0.5, 0.6) is 0 Å². The van der Waals surface area contributed by atoms with Gasteiger partial charge in [0.05, 0.1) is 5.75 Å². The van der Waals surface area contributed by atoms with E-state index in [9.17, 15) is 8.42 Å². The Morgan fingerprint density at radius 3 is 2.21 bits per heavy atom. The molecule has 2 aliphatic carbocycles. The van der Waals surface area contributed by atoms with Crippen molar-refractivity contribution in [3.8, 4) is 0 Å². The second-order valence-corrected chi connectivity index (χ2v) is 8.84. The smallest absolute Gasteiger partial charge is 0.214 e. The molecule has 0 aromatic rings. The van der Waals surface area contributed by atoms with Gasteiger partial charge in [0.15, 0.2) is 0 Å². The van der Waals surface area contributed by atoms with Crippen LogP contribution < -0.4 is 5.32 Å². The van der Waals surface area contributed by atoms with Crippen LogP contribution in [0.4, 0.5) is 0 Å². The van der Waals surface area contributed by atoms with Crippen molar-refractivity contribution in [3.63, 3.8) is 0 Å². The first kappa shape index (κ1) is 15.3. The van der Waals surface area contributed by atoms with E-state index in [1.54, 1.807) is 14.1 Å². The van der Waals surface area contributed by atoms with Crippen molar-refractivity contribution in [3.05, 3.63) is 0 Å². The molecule has 0 aliphatic heterocycles. The number of sulfonamides is 1. The summed E-state index contributed by atoms with van der Waals surface area (Å²) >= 11 is 0. The van der Waals surface area contributed by atoms with Gasteiger partial charge in [0.1, 0.15) is 0 Å². The third kappa shape index (κ3) is 3.92. The highest BCUT2D eigenvalue weighted by Gasteiger charge is 2.37. The van der Waals surface area contributed by atoms with E-state index in [0.29, 0.717) is 18.0 Å². The lowest BCUT2D eigenvalue weighted by atomic mass is 9.71. The summed E-state index contributed by atoms with van der Waals surface area (Å²) < 4.78 is 24.6. The predicted octanol–water partition coefficient (Wildman–Crippen LogP) is 1.97. The van der Waals surface area contributed by atoms with Crippen molar-refractivity contribution in [1.82, 2.24) is 9.62 Å². The lowest BCUT2D eigenvalue weighted by molar-refractivity contribution is 0.169. The minimum Gasteiger partial charge on any atom is -0.313 e. The van der Waals surface area contributed by atoms with Gasteiger partial charge in [-0.3, -0.25) is 0 Å². The number of nitrogens with one attached hydrogen (secondary N) is 1. The Labute approximate surface area is 118 Å². The van der Waals surface area contributed by atoms with E-state index in [1.165, 1.54) is 55.7 Å². The van der Waals surface area contributed by atoms with E-state index in [-0.39, 0.29) is 5.75 Å². The number of hydrogen-bond donors (Lipinski definition) is 1. The zero-order chi connectivity index (χ0) is 13.9. The summed E-state index contributed by atoms with van der Waals surface area (Å²) in [6, 6.07) is 0.531. The minimum atomic E-state index is -3.05. The molecule has 2 fully saturated rings. The average Bonchev–Trinajstić information content (AvgIpc) is 2.80. The van der Waals surface area contributed by atoms with Gasteiger partial charge in [-0.25, -0.2) is 12.7 Å². The highest BCUT2D eigenvalue weighted by molar-refractivity contribution is 7.89. The van der Waals surface area contributed by atoms with E-state index in [2.05, 4.69) is 5.32 Å². The maximum Gasteiger partial charge on any atom is 0.214 e. The largest absolute Gasteiger partial charge is 0.313 e. The molecule has 0 bridgehead atoms. The Balaban J connectivity index is 1.69. The van der Waals surface area contributed by atoms with Crippen molar-refractivity contribution in [1.29, 1.82) is 0 Å². The molecule has 1 spiro atoms. The SMILES string of the molecule is CN(C)S(=O)(=O)CCNC1CCC2(CCCC2)CC1. The first-order chi connectivity index (χ1) is 8.94. The first-order valence-corrected chi connectivity index (χ1v) is 9.18. The monoisotopic (exact) mass is 288 g/mol. The highest BCUT2D eigenvalue weighted by Crippen LogP contribution is 2.48. The summed E-state index contributed by atoms with van der Waals surface area (Å²) in [6.45, 7) is 0.582. The third-order valence-electron chi connectivity index (χ3n) is 5.06. The number of nitrogens with zero attached hydrogens (tertiary/aromatic N) is 1. The fourth-order valence-electron chi connectivity index (χ4n) is 3.63. The molecule has 0 heterocycles. The van der Waals surface area contributed by atoms with Gasteiger partial charge in [-0.15, -0.1) is 0 Å². The standard InChI is InChI=1S/C14H28N2O2S/c1-16(2)19(17,18)12-11-15-13-5-9-14(10-6-13)7-3-4-8-14/h13,15H,3-12H2,1-2H3. The van der Waals surface area contributed by atoms with Crippen molar-refractivity contribution < 1.29 is 8.42 Å². The van der Waals surface area contributed by atoms with Gasteiger partial charge in [-0.2, -0.15) is 0 Å². The van der Waals surface area contributed by atoms with Crippen LogP contribution in [0, 0.1) is 5.41 Å². The molecule has 4 nitrogen and oxygen atoms in total. The number of rotatable bonds is 5.